The first-order chi connectivity index (χ1) is 8.33. The first-order valence-electron chi connectivity index (χ1n) is 5.33. The molecule has 1 aromatic carbocycles. The van der Waals surface area contributed by atoms with Gasteiger partial charge in [-0.1, -0.05) is 35.5 Å². The number of rotatable bonds is 2. The number of hydrogen-bond donors (Lipinski definition) is 0. The van der Waals surface area contributed by atoms with Crippen LogP contribution in [0.4, 0.5) is 0 Å². The summed E-state index contributed by atoms with van der Waals surface area (Å²) >= 11 is 1.75. The van der Waals surface area contributed by atoms with Gasteiger partial charge in [-0.15, -0.1) is 16.4 Å². The largest absolute Gasteiger partial charge is 0.255 e. The fourth-order valence-electron chi connectivity index (χ4n) is 1.73. The number of benzene rings is 1. The molecule has 0 bridgehead atoms. The molecule has 0 unspecified atom stereocenters. The molecule has 17 heavy (non-hydrogen) atoms. The zero-order valence-corrected chi connectivity index (χ0v) is 10.2. The van der Waals surface area contributed by atoms with Gasteiger partial charge in [-0.3, -0.25) is 4.68 Å². The zero-order chi connectivity index (χ0) is 11.7. The molecule has 0 radical (unpaired) electrons. The molecule has 2 aromatic heterocycles. The second kappa shape index (κ2) is 4.14. The van der Waals surface area contributed by atoms with E-state index in [1.807, 2.05) is 13.2 Å². The molecule has 84 valence electrons. The molecule has 0 N–H and O–H groups in total. The van der Waals surface area contributed by atoms with Crippen molar-refractivity contribution in [3.63, 3.8) is 0 Å². The van der Waals surface area contributed by atoms with Gasteiger partial charge < -0.3 is 0 Å². The molecule has 3 rings (SSSR count). The van der Waals surface area contributed by atoms with Gasteiger partial charge in [0, 0.05) is 17.5 Å². The summed E-state index contributed by atoms with van der Waals surface area (Å²) in [6, 6.07) is 12.6. The minimum absolute atomic E-state index is 0.908. The van der Waals surface area contributed by atoms with Crippen molar-refractivity contribution in [2.75, 3.05) is 0 Å². The van der Waals surface area contributed by atoms with E-state index < -0.39 is 0 Å². The van der Waals surface area contributed by atoms with Crippen LogP contribution in [0.1, 0.15) is 0 Å². The fraction of sp³-hybridized carbons (Fsp3) is 0.0769. The highest BCUT2D eigenvalue weighted by Gasteiger charge is 2.03. The van der Waals surface area contributed by atoms with E-state index in [9.17, 15) is 0 Å². The van der Waals surface area contributed by atoms with Gasteiger partial charge in [-0.25, -0.2) is 0 Å². The molecule has 3 nitrogen and oxygen atoms in total. The van der Waals surface area contributed by atoms with Crippen molar-refractivity contribution in [2.45, 2.75) is 0 Å². The summed E-state index contributed by atoms with van der Waals surface area (Å²) in [5, 5.41) is 10.1. The first-order valence-corrected chi connectivity index (χ1v) is 6.21. The lowest BCUT2D eigenvalue weighted by Gasteiger charge is -1.99. The Labute approximate surface area is 103 Å². The summed E-state index contributed by atoms with van der Waals surface area (Å²) in [7, 11) is 1.87. The number of aryl methyl sites for hydroxylation is 1. The third-order valence-electron chi connectivity index (χ3n) is 2.59. The van der Waals surface area contributed by atoms with E-state index in [0.29, 0.717) is 0 Å². The Morgan fingerprint density at radius 3 is 2.41 bits per heavy atom. The molecule has 0 atom stereocenters. The van der Waals surface area contributed by atoms with Gasteiger partial charge in [0.2, 0.25) is 0 Å². The van der Waals surface area contributed by atoms with Gasteiger partial charge in [0.05, 0.1) is 6.20 Å². The van der Waals surface area contributed by atoms with Crippen molar-refractivity contribution < 1.29 is 0 Å². The summed E-state index contributed by atoms with van der Waals surface area (Å²) in [6.45, 7) is 0. The van der Waals surface area contributed by atoms with Gasteiger partial charge in [-0.2, -0.15) is 0 Å². The topological polar surface area (TPSA) is 30.7 Å². The van der Waals surface area contributed by atoms with Crippen LogP contribution in [-0.2, 0) is 7.05 Å². The Morgan fingerprint density at radius 2 is 1.82 bits per heavy atom. The third kappa shape index (κ3) is 1.99. The highest BCUT2D eigenvalue weighted by atomic mass is 32.1. The van der Waals surface area contributed by atoms with Crippen LogP contribution >= 0.6 is 11.3 Å². The molecule has 0 aliphatic rings. The minimum Gasteiger partial charge on any atom is -0.255 e. The van der Waals surface area contributed by atoms with Gasteiger partial charge in [0.15, 0.2) is 0 Å². The second-order valence-electron chi connectivity index (χ2n) is 3.83. The van der Waals surface area contributed by atoms with Crippen LogP contribution in [0.15, 0.2) is 48.0 Å². The molecular formula is C13H11N3S. The molecule has 0 saturated carbocycles. The molecule has 0 aliphatic carbocycles. The van der Waals surface area contributed by atoms with E-state index >= 15 is 0 Å². The molecule has 0 spiro atoms. The van der Waals surface area contributed by atoms with Crippen LogP contribution in [0, 0.1) is 0 Å². The Bertz CT molecular complexity index is 608. The van der Waals surface area contributed by atoms with Crippen molar-refractivity contribution in [1.29, 1.82) is 0 Å². The average molecular weight is 241 g/mol. The molecule has 3 aromatic rings. The maximum Gasteiger partial charge on any atom is 0.113 e. The van der Waals surface area contributed by atoms with E-state index in [0.717, 1.165) is 11.3 Å². The summed E-state index contributed by atoms with van der Waals surface area (Å²) < 4.78 is 1.71. The number of aromatic nitrogens is 3. The van der Waals surface area contributed by atoms with Crippen molar-refractivity contribution in [3.8, 4) is 21.7 Å². The van der Waals surface area contributed by atoms with Crippen LogP contribution in [0.5, 0.6) is 0 Å². The predicted molar refractivity (Wildman–Crippen MR) is 69.8 cm³/mol. The zero-order valence-electron chi connectivity index (χ0n) is 9.37. The highest BCUT2D eigenvalue weighted by Crippen LogP contribution is 2.26. The van der Waals surface area contributed by atoms with Gasteiger partial charge >= 0.3 is 0 Å². The van der Waals surface area contributed by atoms with Gasteiger partial charge in [0.1, 0.15) is 5.69 Å². The monoisotopic (exact) mass is 241 g/mol. The standard InChI is InChI=1S/C13H11N3S/c1-16-9-12(14-15-16)10-4-6-11(7-5-10)13-3-2-8-17-13/h2-9H,1H3. The first kappa shape index (κ1) is 10.2. The predicted octanol–water partition coefficient (Wildman–Crippen LogP) is 3.21. The second-order valence-corrected chi connectivity index (χ2v) is 4.78. The average Bonchev–Trinajstić information content (AvgIpc) is 3.00. The van der Waals surface area contributed by atoms with Crippen molar-refractivity contribution >= 4 is 11.3 Å². The van der Waals surface area contributed by atoms with Crippen molar-refractivity contribution in [1.82, 2.24) is 15.0 Å². The van der Waals surface area contributed by atoms with Gasteiger partial charge in [-0.05, 0) is 17.0 Å². The van der Waals surface area contributed by atoms with Crippen LogP contribution in [0.25, 0.3) is 21.7 Å². The van der Waals surface area contributed by atoms with E-state index in [1.54, 1.807) is 16.0 Å². The number of hydrogen-bond acceptors (Lipinski definition) is 3. The van der Waals surface area contributed by atoms with Crippen LogP contribution in [0.2, 0.25) is 0 Å². The molecular weight excluding hydrogens is 230 g/mol. The SMILES string of the molecule is Cn1cc(-c2ccc(-c3cccs3)cc2)nn1. The Kier molecular flexibility index (Phi) is 2.49. The van der Waals surface area contributed by atoms with Crippen LogP contribution < -0.4 is 0 Å². The summed E-state index contributed by atoms with van der Waals surface area (Å²) in [5.74, 6) is 0. The lowest BCUT2D eigenvalue weighted by molar-refractivity contribution is 0.715. The van der Waals surface area contributed by atoms with E-state index in [1.165, 1.54) is 10.4 Å². The molecule has 0 saturated heterocycles. The highest BCUT2D eigenvalue weighted by molar-refractivity contribution is 7.13. The molecule has 0 amide bonds. The van der Waals surface area contributed by atoms with E-state index in [4.69, 9.17) is 0 Å². The molecule has 4 heteroatoms. The van der Waals surface area contributed by atoms with Crippen molar-refractivity contribution in [2.24, 2.45) is 7.05 Å². The molecule has 2 heterocycles. The van der Waals surface area contributed by atoms with E-state index in [2.05, 4.69) is 52.1 Å². The Morgan fingerprint density at radius 1 is 1.06 bits per heavy atom. The third-order valence-corrected chi connectivity index (χ3v) is 3.51. The molecule has 0 fully saturated rings. The Hall–Kier alpha value is -1.94. The van der Waals surface area contributed by atoms with Crippen molar-refractivity contribution in [3.05, 3.63) is 48.0 Å². The van der Waals surface area contributed by atoms with E-state index in [-0.39, 0.29) is 0 Å². The maximum atomic E-state index is 4.09. The summed E-state index contributed by atoms with van der Waals surface area (Å²) in [6.07, 6.45) is 1.92. The van der Waals surface area contributed by atoms with Crippen LogP contribution in [-0.4, -0.2) is 15.0 Å². The lowest BCUT2D eigenvalue weighted by atomic mass is 10.1. The minimum atomic E-state index is 0.908. The lowest BCUT2D eigenvalue weighted by Crippen LogP contribution is -1.85. The normalized spacial score (nSPS) is 10.6. The van der Waals surface area contributed by atoms with Gasteiger partial charge in [0.25, 0.3) is 0 Å². The summed E-state index contributed by atoms with van der Waals surface area (Å²) in [5.41, 5.74) is 3.25. The van der Waals surface area contributed by atoms with Crippen LogP contribution in [0.3, 0.4) is 0 Å². The number of nitrogens with zero attached hydrogens (tertiary/aromatic N) is 3. The quantitative estimate of drug-likeness (QED) is 0.689. The summed E-state index contributed by atoms with van der Waals surface area (Å²) in [4.78, 5) is 1.29. The Balaban J connectivity index is 1.95. The smallest absolute Gasteiger partial charge is 0.113 e. The molecule has 0 aliphatic heterocycles. The number of thiophene rings is 1. The fourth-order valence-corrected chi connectivity index (χ4v) is 2.46. The maximum absolute atomic E-state index is 4.09.